The molecule has 0 aliphatic heterocycles. The Morgan fingerprint density at radius 1 is 1.00 bits per heavy atom. The second-order valence-electron chi connectivity index (χ2n) is 6.46. The highest BCUT2D eigenvalue weighted by atomic mass is 16.6. The number of ether oxygens (including phenoxy) is 4. The van der Waals surface area contributed by atoms with E-state index in [2.05, 4.69) is 10.1 Å². The first kappa shape index (κ1) is 23.2. The van der Waals surface area contributed by atoms with Gasteiger partial charge in [-0.1, -0.05) is 24.3 Å². The normalized spacial score (nSPS) is 11.4. The fourth-order valence-corrected chi connectivity index (χ4v) is 2.84. The number of benzene rings is 2. The van der Waals surface area contributed by atoms with Crippen LogP contribution in [0.4, 0.5) is 10.5 Å². The minimum absolute atomic E-state index is 0.330. The van der Waals surface area contributed by atoms with E-state index in [1.165, 1.54) is 7.11 Å². The quantitative estimate of drug-likeness (QED) is 0.559. The van der Waals surface area contributed by atoms with Gasteiger partial charge < -0.3 is 18.9 Å². The monoisotopic (exact) mass is 415 g/mol. The van der Waals surface area contributed by atoms with Crippen molar-refractivity contribution in [2.24, 2.45) is 0 Å². The van der Waals surface area contributed by atoms with Crippen molar-refractivity contribution < 1.29 is 28.5 Å². The maximum absolute atomic E-state index is 12.0. The zero-order chi connectivity index (χ0) is 21.8. The number of carbonyl (C=O) groups is 2. The highest BCUT2D eigenvalue weighted by molar-refractivity contribution is 5.84. The Kier molecular flexibility index (Phi) is 9.67. The van der Waals surface area contributed by atoms with Gasteiger partial charge in [0.2, 0.25) is 0 Å². The lowest BCUT2D eigenvalue weighted by Gasteiger charge is -2.16. The summed E-state index contributed by atoms with van der Waals surface area (Å²) in [4.78, 5) is 23.3. The summed E-state index contributed by atoms with van der Waals surface area (Å²) in [5.41, 5.74) is 2.68. The van der Waals surface area contributed by atoms with Crippen molar-refractivity contribution in [1.82, 2.24) is 0 Å². The van der Waals surface area contributed by atoms with Gasteiger partial charge in [0.15, 0.2) is 6.10 Å². The van der Waals surface area contributed by atoms with Crippen molar-refractivity contribution in [3.8, 4) is 5.75 Å². The molecule has 0 aromatic heterocycles. The van der Waals surface area contributed by atoms with Gasteiger partial charge in [-0.3, -0.25) is 5.32 Å². The van der Waals surface area contributed by atoms with E-state index in [9.17, 15) is 9.59 Å². The van der Waals surface area contributed by atoms with Gasteiger partial charge in [0.25, 0.3) is 0 Å². The Labute approximate surface area is 177 Å². The minimum atomic E-state index is -0.604. The third kappa shape index (κ3) is 7.75. The van der Waals surface area contributed by atoms with E-state index >= 15 is 0 Å². The van der Waals surface area contributed by atoms with Crippen LogP contribution in [0, 0.1) is 0 Å². The summed E-state index contributed by atoms with van der Waals surface area (Å²) in [6.07, 6.45) is 0.0336. The van der Waals surface area contributed by atoms with E-state index in [0.717, 1.165) is 16.9 Å². The average molecular weight is 415 g/mol. The molecule has 2 aromatic rings. The summed E-state index contributed by atoms with van der Waals surface area (Å²) in [5, 5.41) is 2.64. The first-order chi connectivity index (χ1) is 14.5. The Balaban J connectivity index is 1.85. The van der Waals surface area contributed by atoms with Crippen LogP contribution in [0.15, 0.2) is 48.5 Å². The smallest absolute Gasteiger partial charge is 0.411 e. The van der Waals surface area contributed by atoms with Crippen LogP contribution in [0.2, 0.25) is 0 Å². The minimum Gasteiger partial charge on any atom is -0.493 e. The van der Waals surface area contributed by atoms with E-state index in [4.69, 9.17) is 14.2 Å². The van der Waals surface area contributed by atoms with Crippen LogP contribution in [0.1, 0.15) is 25.0 Å². The molecule has 0 radical (unpaired) electrons. The van der Waals surface area contributed by atoms with Gasteiger partial charge in [0, 0.05) is 25.1 Å². The highest BCUT2D eigenvalue weighted by Crippen LogP contribution is 2.16. The number of nitrogens with one attached hydrogen (secondary N) is 1. The van der Waals surface area contributed by atoms with Crippen LogP contribution >= 0.6 is 0 Å². The molecule has 0 saturated heterocycles. The number of rotatable bonds is 11. The van der Waals surface area contributed by atoms with Crippen molar-refractivity contribution in [3.05, 3.63) is 59.7 Å². The Morgan fingerprint density at radius 2 is 1.77 bits per heavy atom. The Bertz CT molecular complexity index is 806. The van der Waals surface area contributed by atoms with Crippen molar-refractivity contribution in [2.75, 3.05) is 32.2 Å². The van der Waals surface area contributed by atoms with E-state index in [1.807, 2.05) is 49.4 Å². The van der Waals surface area contributed by atoms with E-state index in [-0.39, 0.29) is 5.97 Å². The Morgan fingerprint density at radius 3 is 2.43 bits per heavy atom. The molecule has 7 nitrogen and oxygen atoms in total. The number of carbonyl (C=O) groups excluding carboxylic acids is 2. The number of methoxy groups -OCH3 is 1. The van der Waals surface area contributed by atoms with Crippen LogP contribution in [-0.2, 0) is 31.8 Å². The first-order valence-electron chi connectivity index (χ1n) is 9.99. The van der Waals surface area contributed by atoms with Crippen LogP contribution < -0.4 is 10.1 Å². The van der Waals surface area contributed by atoms with Crippen LogP contribution in [0.5, 0.6) is 5.75 Å². The molecule has 0 unspecified atom stereocenters. The van der Waals surface area contributed by atoms with Gasteiger partial charge in [-0.15, -0.1) is 0 Å². The summed E-state index contributed by atoms with van der Waals surface area (Å²) in [6.45, 7) is 4.90. The van der Waals surface area contributed by atoms with Gasteiger partial charge in [-0.25, -0.2) is 9.59 Å². The molecular formula is C23H29NO6. The first-order valence-corrected chi connectivity index (χ1v) is 9.99. The van der Waals surface area contributed by atoms with E-state index in [0.29, 0.717) is 38.3 Å². The zero-order valence-electron chi connectivity index (χ0n) is 17.7. The van der Waals surface area contributed by atoms with Crippen molar-refractivity contribution >= 4 is 17.7 Å². The molecule has 1 atom stereocenters. The standard InChI is InChI=1S/C23H29NO6/c1-4-28-21(22(25)29-5-2)16-18-9-11-20(12-10-18)30-14-13-17-7-6-8-19(15-17)24-23(26)27-3/h6-12,15,21H,4-5,13-14,16H2,1-3H3,(H,24,26)/t21-/m0/s1. The molecular weight excluding hydrogens is 386 g/mol. The number of amides is 1. The van der Waals surface area contributed by atoms with E-state index in [1.54, 1.807) is 13.0 Å². The molecule has 0 heterocycles. The van der Waals surface area contributed by atoms with Gasteiger partial charge in [-0.05, 0) is 49.2 Å². The second-order valence-corrected chi connectivity index (χ2v) is 6.46. The fourth-order valence-electron chi connectivity index (χ4n) is 2.84. The van der Waals surface area contributed by atoms with Crippen molar-refractivity contribution in [2.45, 2.75) is 32.8 Å². The van der Waals surface area contributed by atoms with Gasteiger partial charge in [-0.2, -0.15) is 0 Å². The van der Waals surface area contributed by atoms with Crippen LogP contribution in [0.3, 0.4) is 0 Å². The summed E-state index contributed by atoms with van der Waals surface area (Å²) < 4.78 is 21.0. The van der Waals surface area contributed by atoms with Crippen LogP contribution in [0.25, 0.3) is 0 Å². The lowest BCUT2D eigenvalue weighted by atomic mass is 10.1. The van der Waals surface area contributed by atoms with Gasteiger partial charge in [0.1, 0.15) is 5.75 Å². The lowest BCUT2D eigenvalue weighted by Crippen LogP contribution is -2.28. The molecule has 2 aromatic carbocycles. The largest absolute Gasteiger partial charge is 0.493 e. The topological polar surface area (TPSA) is 83.1 Å². The lowest BCUT2D eigenvalue weighted by molar-refractivity contribution is -0.156. The number of hydrogen-bond acceptors (Lipinski definition) is 6. The molecule has 0 bridgehead atoms. The molecule has 2 rings (SSSR count). The SMILES string of the molecule is CCOC(=O)[C@H](Cc1ccc(OCCc2cccc(NC(=O)OC)c2)cc1)OCC. The van der Waals surface area contributed by atoms with Crippen molar-refractivity contribution in [3.63, 3.8) is 0 Å². The number of hydrogen-bond donors (Lipinski definition) is 1. The van der Waals surface area contributed by atoms with Crippen molar-refractivity contribution in [1.29, 1.82) is 0 Å². The molecule has 0 aliphatic carbocycles. The predicted molar refractivity (Wildman–Crippen MR) is 114 cm³/mol. The molecule has 0 spiro atoms. The third-order valence-corrected chi connectivity index (χ3v) is 4.28. The molecule has 1 amide bonds. The summed E-state index contributed by atoms with van der Waals surface area (Å²) in [6, 6.07) is 15.1. The number of anilines is 1. The molecule has 162 valence electrons. The maximum atomic E-state index is 12.0. The van der Waals surface area contributed by atoms with Crippen LogP contribution in [-0.4, -0.2) is 45.1 Å². The molecule has 0 fully saturated rings. The summed E-state index contributed by atoms with van der Waals surface area (Å²) in [5.74, 6) is 0.398. The predicted octanol–water partition coefficient (Wildman–Crippen LogP) is 4.00. The average Bonchev–Trinajstić information content (AvgIpc) is 2.75. The van der Waals surface area contributed by atoms with Gasteiger partial charge >= 0.3 is 12.1 Å². The summed E-state index contributed by atoms with van der Waals surface area (Å²) in [7, 11) is 1.33. The molecule has 1 N–H and O–H groups in total. The Hall–Kier alpha value is -3.06. The highest BCUT2D eigenvalue weighted by Gasteiger charge is 2.20. The van der Waals surface area contributed by atoms with E-state index < -0.39 is 12.2 Å². The summed E-state index contributed by atoms with van der Waals surface area (Å²) >= 11 is 0. The third-order valence-electron chi connectivity index (χ3n) is 4.28. The second kappa shape index (κ2) is 12.5. The molecule has 7 heteroatoms. The zero-order valence-corrected chi connectivity index (χ0v) is 17.7. The maximum Gasteiger partial charge on any atom is 0.411 e. The number of esters is 1. The fraction of sp³-hybridized carbons (Fsp3) is 0.391. The van der Waals surface area contributed by atoms with Gasteiger partial charge in [0.05, 0.1) is 20.3 Å². The molecule has 0 aliphatic rings. The molecule has 0 saturated carbocycles. The molecule has 30 heavy (non-hydrogen) atoms.